The molecule has 0 spiro atoms. The third kappa shape index (κ3) is 2.13. The van der Waals surface area contributed by atoms with E-state index in [1.807, 2.05) is 0 Å². The largest absolute Gasteiger partial charge is 0.388 e. The lowest BCUT2D eigenvalue weighted by Crippen LogP contribution is -2.06. The van der Waals surface area contributed by atoms with Gasteiger partial charge in [-0.05, 0) is 37.8 Å². The highest BCUT2D eigenvalue weighted by Crippen LogP contribution is 2.38. The van der Waals surface area contributed by atoms with Gasteiger partial charge in [0, 0.05) is 10.0 Å². The first-order chi connectivity index (χ1) is 8.65. The average molecular weight is 324 g/mol. The number of aromatic nitrogens is 1. The number of fused-ring (bicyclic) bond motifs is 1. The molecule has 1 aromatic heterocycles. The van der Waals surface area contributed by atoms with Crippen molar-refractivity contribution in [1.29, 1.82) is 0 Å². The van der Waals surface area contributed by atoms with E-state index >= 15 is 0 Å². The predicted octanol–water partition coefficient (Wildman–Crippen LogP) is 4.25. The third-order valence-corrected chi connectivity index (χ3v) is 5.44. The Bertz CT molecular complexity index is 593. The van der Waals surface area contributed by atoms with Crippen LogP contribution in [0.1, 0.15) is 35.1 Å². The first kappa shape index (κ1) is 12.3. The zero-order valence-electron chi connectivity index (χ0n) is 10.1. The van der Waals surface area contributed by atoms with Gasteiger partial charge in [-0.25, -0.2) is 4.98 Å². The minimum Gasteiger partial charge on any atom is -0.388 e. The molecule has 18 heavy (non-hydrogen) atoms. The summed E-state index contributed by atoms with van der Waals surface area (Å²) in [6.45, 7) is 2.07. The number of hydrogen-bond acceptors (Lipinski definition) is 3. The Morgan fingerprint density at radius 1 is 1.44 bits per heavy atom. The minimum atomic E-state index is -0.311. The normalized spacial score (nSPS) is 18.7. The first-order valence-electron chi connectivity index (χ1n) is 6.09. The van der Waals surface area contributed by atoms with Gasteiger partial charge < -0.3 is 5.11 Å². The second-order valence-corrected chi connectivity index (χ2v) is 6.59. The molecule has 0 radical (unpaired) electrons. The molecule has 0 bridgehead atoms. The lowest BCUT2D eigenvalue weighted by atomic mass is 10.0. The van der Waals surface area contributed by atoms with Gasteiger partial charge in [0.05, 0.1) is 16.7 Å². The van der Waals surface area contributed by atoms with Crippen LogP contribution in [-0.2, 0) is 6.42 Å². The molecule has 1 aliphatic carbocycles. The number of rotatable bonds is 1. The summed E-state index contributed by atoms with van der Waals surface area (Å²) in [6.07, 6.45) is 2.59. The summed E-state index contributed by atoms with van der Waals surface area (Å²) in [5.74, 6) is 0. The van der Waals surface area contributed by atoms with E-state index in [1.165, 1.54) is 5.56 Å². The van der Waals surface area contributed by atoms with E-state index in [1.54, 1.807) is 11.3 Å². The Kier molecular flexibility index (Phi) is 3.26. The molecule has 0 saturated heterocycles. The lowest BCUT2D eigenvalue weighted by Gasteiger charge is -2.14. The van der Waals surface area contributed by atoms with Gasteiger partial charge >= 0.3 is 0 Å². The molecular weight excluding hydrogens is 310 g/mol. The van der Waals surface area contributed by atoms with Crippen LogP contribution in [0.3, 0.4) is 0 Å². The van der Waals surface area contributed by atoms with Crippen molar-refractivity contribution < 1.29 is 5.11 Å². The molecule has 1 heterocycles. The number of nitrogens with zero attached hydrogens (tertiary/aromatic N) is 1. The van der Waals surface area contributed by atoms with E-state index < -0.39 is 0 Å². The smallest absolute Gasteiger partial charge is 0.124 e. The van der Waals surface area contributed by atoms with Crippen molar-refractivity contribution >= 4 is 27.3 Å². The molecule has 0 fully saturated rings. The summed E-state index contributed by atoms with van der Waals surface area (Å²) in [7, 11) is 0. The van der Waals surface area contributed by atoms with E-state index in [9.17, 15) is 5.11 Å². The molecule has 94 valence electrons. The molecule has 1 aromatic carbocycles. The van der Waals surface area contributed by atoms with Crippen molar-refractivity contribution in [3.8, 4) is 10.6 Å². The number of hydrogen-bond donors (Lipinski definition) is 1. The number of aliphatic hydroxyl groups is 1. The van der Waals surface area contributed by atoms with E-state index in [-0.39, 0.29) is 6.10 Å². The Morgan fingerprint density at radius 2 is 2.28 bits per heavy atom. The summed E-state index contributed by atoms with van der Waals surface area (Å²) in [5, 5.41) is 11.0. The highest BCUT2D eigenvalue weighted by Gasteiger charge is 2.23. The maximum atomic E-state index is 9.98. The van der Waals surface area contributed by atoms with Crippen molar-refractivity contribution in [2.75, 3.05) is 0 Å². The van der Waals surface area contributed by atoms with Crippen LogP contribution in [0.5, 0.6) is 0 Å². The number of aryl methyl sites for hydroxylation is 2. The van der Waals surface area contributed by atoms with Gasteiger partial charge in [-0.3, -0.25) is 0 Å². The van der Waals surface area contributed by atoms with Crippen LogP contribution in [0, 0.1) is 6.92 Å². The summed E-state index contributed by atoms with van der Waals surface area (Å²) < 4.78 is 1.11. The standard InChI is InChI=1S/C14H14BrNOS/c1-8-5-6-9(7-10(8)15)14-16-11-3-2-4-12(17)13(11)18-14/h5-7,12,17H,2-4H2,1H3. The molecule has 4 heteroatoms. The van der Waals surface area contributed by atoms with Crippen LogP contribution in [0.2, 0.25) is 0 Å². The van der Waals surface area contributed by atoms with Crippen LogP contribution in [0.15, 0.2) is 22.7 Å². The number of thiazole rings is 1. The van der Waals surface area contributed by atoms with Crippen LogP contribution >= 0.6 is 27.3 Å². The Balaban J connectivity index is 2.04. The van der Waals surface area contributed by atoms with E-state index in [2.05, 4.69) is 46.0 Å². The molecule has 0 saturated carbocycles. The number of halogens is 1. The highest BCUT2D eigenvalue weighted by atomic mass is 79.9. The second kappa shape index (κ2) is 4.76. The predicted molar refractivity (Wildman–Crippen MR) is 77.9 cm³/mol. The van der Waals surface area contributed by atoms with Gasteiger partial charge in [-0.2, -0.15) is 0 Å². The first-order valence-corrected chi connectivity index (χ1v) is 7.70. The fourth-order valence-electron chi connectivity index (χ4n) is 2.25. The van der Waals surface area contributed by atoms with Crippen LogP contribution in [-0.4, -0.2) is 10.1 Å². The van der Waals surface area contributed by atoms with Gasteiger partial charge in [0.15, 0.2) is 0 Å². The van der Waals surface area contributed by atoms with Gasteiger partial charge in [0.1, 0.15) is 5.01 Å². The Labute approximate surface area is 119 Å². The quantitative estimate of drug-likeness (QED) is 0.851. The van der Waals surface area contributed by atoms with Gasteiger partial charge in [-0.15, -0.1) is 11.3 Å². The molecule has 1 atom stereocenters. The zero-order chi connectivity index (χ0) is 12.7. The molecule has 1 unspecified atom stereocenters. The van der Waals surface area contributed by atoms with Gasteiger partial charge in [-0.1, -0.05) is 28.1 Å². The monoisotopic (exact) mass is 323 g/mol. The van der Waals surface area contributed by atoms with E-state index in [4.69, 9.17) is 0 Å². The molecule has 3 rings (SSSR count). The van der Waals surface area contributed by atoms with Crippen molar-refractivity contribution in [2.45, 2.75) is 32.3 Å². The van der Waals surface area contributed by atoms with Crippen molar-refractivity contribution in [1.82, 2.24) is 4.98 Å². The Hall–Kier alpha value is -0.710. The summed E-state index contributed by atoms with van der Waals surface area (Å²) in [4.78, 5) is 5.74. The fraction of sp³-hybridized carbons (Fsp3) is 0.357. The fourth-order valence-corrected chi connectivity index (χ4v) is 3.75. The minimum absolute atomic E-state index is 0.311. The van der Waals surface area contributed by atoms with Crippen molar-refractivity contribution in [2.24, 2.45) is 0 Å². The van der Waals surface area contributed by atoms with Gasteiger partial charge in [0.25, 0.3) is 0 Å². The second-order valence-electron chi connectivity index (χ2n) is 4.70. The summed E-state index contributed by atoms with van der Waals surface area (Å²) >= 11 is 5.18. The number of benzene rings is 1. The maximum Gasteiger partial charge on any atom is 0.124 e. The maximum absolute atomic E-state index is 9.98. The van der Waals surface area contributed by atoms with E-state index in [0.717, 1.165) is 44.9 Å². The SMILES string of the molecule is Cc1ccc(-c2nc3c(s2)C(O)CCC3)cc1Br. The zero-order valence-corrected chi connectivity index (χ0v) is 12.5. The molecule has 0 amide bonds. The molecule has 2 aromatic rings. The van der Waals surface area contributed by atoms with E-state index in [0.29, 0.717) is 0 Å². The summed E-state index contributed by atoms with van der Waals surface area (Å²) in [6, 6.07) is 6.29. The van der Waals surface area contributed by atoms with Crippen LogP contribution in [0.25, 0.3) is 10.6 Å². The summed E-state index contributed by atoms with van der Waals surface area (Å²) in [5.41, 5.74) is 3.43. The number of aliphatic hydroxyl groups excluding tert-OH is 1. The van der Waals surface area contributed by atoms with Crippen molar-refractivity contribution in [3.63, 3.8) is 0 Å². The molecule has 1 aliphatic rings. The molecule has 1 N–H and O–H groups in total. The topological polar surface area (TPSA) is 33.1 Å². The van der Waals surface area contributed by atoms with Crippen molar-refractivity contribution in [3.05, 3.63) is 38.8 Å². The highest BCUT2D eigenvalue weighted by molar-refractivity contribution is 9.10. The van der Waals surface area contributed by atoms with Crippen LogP contribution < -0.4 is 0 Å². The third-order valence-electron chi connectivity index (χ3n) is 3.34. The molecular formula is C14H14BrNOS. The molecule has 0 aliphatic heterocycles. The van der Waals surface area contributed by atoms with Crippen LogP contribution in [0.4, 0.5) is 0 Å². The lowest BCUT2D eigenvalue weighted by molar-refractivity contribution is 0.160. The average Bonchev–Trinajstić information content (AvgIpc) is 2.78. The Morgan fingerprint density at radius 3 is 3.00 bits per heavy atom. The molecule has 2 nitrogen and oxygen atoms in total. The van der Waals surface area contributed by atoms with Gasteiger partial charge in [0.2, 0.25) is 0 Å².